The van der Waals surface area contributed by atoms with Gasteiger partial charge in [-0.3, -0.25) is 0 Å². The van der Waals surface area contributed by atoms with E-state index in [-0.39, 0.29) is 22.5 Å². The van der Waals surface area contributed by atoms with Crippen LogP contribution in [0.25, 0.3) is 0 Å². The van der Waals surface area contributed by atoms with Crippen LogP contribution in [0.2, 0.25) is 0 Å². The van der Waals surface area contributed by atoms with Crippen LogP contribution in [0.4, 0.5) is 0 Å². The normalized spacial score (nSPS) is 12.4. The summed E-state index contributed by atoms with van der Waals surface area (Å²) in [5, 5.41) is 0. The van der Waals surface area contributed by atoms with Crippen molar-refractivity contribution in [3.05, 3.63) is 150 Å². The maximum atomic E-state index is 14.1. The van der Waals surface area contributed by atoms with E-state index in [1.54, 1.807) is 0 Å². The molecule has 0 heterocycles. The summed E-state index contributed by atoms with van der Waals surface area (Å²) in [4.78, 5) is 15.9. The summed E-state index contributed by atoms with van der Waals surface area (Å²) < 4.78 is 40.6. The van der Waals surface area contributed by atoms with Crippen LogP contribution in [0.1, 0.15) is 86.3 Å². The Bertz CT molecular complexity index is 1790. The minimum atomic E-state index is -4.31. The van der Waals surface area contributed by atoms with Gasteiger partial charge in [0.1, 0.15) is 5.75 Å². The molecule has 0 fully saturated rings. The summed E-state index contributed by atoms with van der Waals surface area (Å²) in [5.41, 5.74) is 3.64. The number of carbonyl (C=O) groups is 1. The Hall–Kier alpha value is -4.17. The maximum Gasteiger partial charge on any atom is 0.344 e. The van der Waals surface area contributed by atoms with Gasteiger partial charge in [-0.05, 0) is 105 Å². The van der Waals surface area contributed by atoms with E-state index >= 15 is 0 Å². The van der Waals surface area contributed by atoms with Gasteiger partial charge in [0, 0.05) is 14.7 Å². The van der Waals surface area contributed by atoms with Crippen molar-refractivity contribution in [2.24, 2.45) is 0 Å². The third-order valence-corrected chi connectivity index (χ3v) is 13.3. The zero-order chi connectivity index (χ0) is 33.8. The van der Waals surface area contributed by atoms with Crippen LogP contribution in [-0.2, 0) is 13.7 Å². The molecule has 0 atom stereocenters. The molecule has 0 amide bonds. The van der Waals surface area contributed by atoms with Crippen molar-refractivity contribution in [2.75, 3.05) is 0 Å². The highest BCUT2D eigenvalue weighted by atomic mass is 32.3. The Morgan fingerprint density at radius 2 is 0.936 bits per heavy atom. The second-order valence-electron chi connectivity index (χ2n) is 12.4. The molecule has 0 radical (unpaired) electrons. The first-order valence-electron chi connectivity index (χ1n) is 15.9. The highest BCUT2D eigenvalue weighted by Gasteiger charge is 2.38. The molecule has 0 bridgehead atoms. The van der Waals surface area contributed by atoms with Crippen LogP contribution >= 0.6 is 10.3 Å². The number of benzene rings is 5. The fraction of sp³-hybridized carbons (Fsp3) is 0.225. The van der Waals surface area contributed by atoms with Gasteiger partial charge in [-0.15, -0.1) is 0 Å². The molecule has 0 saturated heterocycles. The summed E-state index contributed by atoms with van der Waals surface area (Å²) in [7, 11) is -7.02. The summed E-state index contributed by atoms with van der Waals surface area (Å²) >= 11 is 0. The SMILES string of the molecule is CC(C)c1cc(C(C)C)c(C(=O)Oc2ccc(S(=O)(=O)OS(c3ccccc3)(c3ccccc3)c3ccccc3)cc2)c(C(C)C)c1. The molecule has 0 aromatic heterocycles. The summed E-state index contributed by atoms with van der Waals surface area (Å²) in [6.07, 6.45) is 0. The lowest BCUT2D eigenvalue weighted by atomic mass is 9.84. The maximum absolute atomic E-state index is 14.1. The number of hydrogen-bond acceptors (Lipinski definition) is 5. The van der Waals surface area contributed by atoms with Gasteiger partial charge in [0.25, 0.3) is 0 Å². The Labute approximate surface area is 281 Å². The van der Waals surface area contributed by atoms with Gasteiger partial charge in [0.2, 0.25) is 0 Å². The molecule has 244 valence electrons. The van der Waals surface area contributed by atoms with E-state index in [1.807, 2.05) is 91.0 Å². The molecule has 0 aliphatic heterocycles. The van der Waals surface area contributed by atoms with Gasteiger partial charge in [0.05, 0.1) is 10.5 Å². The molecule has 47 heavy (non-hydrogen) atoms. The average molecular weight is 667 g/mol. The van der Waals surface area contributed by atoms with E-state index in [9.17, 15) is 13.2 Å². The number of carbonyl (C=O) groups excluding carboxylic acids is 1. The van der Waals surface area contributed by atoms with Crippen molar-refractivity contribution in [1.29, 1.82) is 0 Å². The van der Waals surface area contributed by atoms with E-state index in [0.717, 1.165) is 25.8 Å². The van der Waals surface area contributed by atoms with Crippen molar-refractivity contribution in [2.45, 2.75) is 78.9 Å². The first-order valence-corrected chi connectivity index (χ1v) is 18.9. The average Bonchev–Trinajstić information content (AvgIpc) is 3.08. The van der Waals surface area contributed by atoms with Crippen LogP contribution in [0.15, 0.2) is 147 Å². The summed E-state index contributed by atoms with van der Waals surface area (Å²) in [6, 6.07) is 38.5. The predicted molar refractivity (Wildman–Crippen MR) is 190 cm³/mol. The highest BCUT2D eigenvalue weighted by Crippen LogP contribution is 2.70. The number of ether oxygens (including phenoxy) is 1. The Kier molecular flexibility index (Phi) is 10.4. The zero-order valence-corrected chi connectivity index (χ0v) is 29.3. The van der Waals surface area contributed by atoms with Gasteiger partial charge in [-0.25, -0.2) is 8.42 Å². The highest BCUT2D eigenvalue weighted by molar-refractivity contribution is 8.33. The Morgan fingerprint density at radius 1 is 0.532 bits per heavy atom. The number of rotatable bonds is 11. The van der Waals surface area contributed by atoms with Crippen LogP contribution < -0.4 is 4.74 Å². The van der Waals surface area contributed by atoms with Crippen LogP contribution in [0.3, 0.4) is 0 Å². The van der Waals surface area contributed by atoms with E-state index in [4.69, 9.17) is 8.37 Å². The van der Waals surface area contributed by atoms with Crippen molar-refractivity contribution in [3.63, 3.8) is 0 Å². The molecule has 5 nitrogen and oxygen atoms in total. The van der Waals surface area contributed by atoms with E-state index < -0.39 is 26.4 Å². The van der Waals surface area contributed by atoms with Crippen molar-refractivity contribution in [1.82, 2.24) is 0 Å². The first kappa shape index (κ1) is 34.2. The Morgan fingerprint density at radius 3 is 1.30 bits per heavy atom. The van der Waals surface area contributed by atoms with Gasteiger partial charge in [0.15, 0.2) is 0 Å². The lowest BCUT2D eigenvalue weighted by Crippen LogP contribution is -2.17. The largest absolute Gasteiger partial charge is 0.423 e. The van der Waals surface area contributed by atoms with Crippen LogP contribution in [-0.4, -0.2) is 14.4 Å². The zero-order valence-electron chi connectivity index (χ0n) is 27.7. The van der Waals surface area contributed by atoms with Gasteiger partial charge in [-0.1, -0.05) is 108 Å². The molecule has 5 aromatic rings. The van der Waals surface area contributed by atoms with Crippen molar-refractivity contribution >= 4 is 26.4 Å². The minimum absolute atomic E-state index is 0.0380. The molecule has 0 N–H and O–H groups in total. The van der Waals surface area contributed by atoms with Gasteiger partial charge in [-0.2, -0.15) is 8.42 Å². The molecular weight excluding hydrogens is 625 g/mol. The fourth-order valence-corrected chi connectivity index (χ4v) is 10.8. The summed E-state index contributed by atoms with van der Waals surface area (Å²) in [6.45, 7) is 12.6. The van der Waals surface area contributed by atoms with Crippen LogP contribution in [0.5, 0.6) is 5.75 Å². The van der Waals surface area contributed by atoms with Gasteiger partial charge < -0.3 is 4.74 Å². The Balaban J connectivity index is 1.51. The molecule has 0 spiro atoms. The molecule has 7 heteroatoms. The third-order valence-electron chi connectivity index (χ3n) is 8.08. The smallest absolute Gasteiger partial charge is 0.344 e. The molecule has 5 rings (SSSR count). The lowest BCUT2D eigenvalue weighted by molar-refractivity contribution is 0.0731. The second-order valence-corrected chi connectivity index (χ2v) is 16.9. The topological polar surface area (TPSA) is 69.7 Å². The molecule has 0 aliphatic rings. The fourth-order valence-electron chi connectivity index (χ4n) is 5.56. The molecular formula is C40H42O5S2. The molecule has 0 unspecified atom stereocenters. The van der Waals surface area contributed by atoms with Crippen molar-refractivity contribution < 1.29 is 21.6 Å². The number of esters is 1. The van der Waals surface area contributed by atoms with Gasteiger partial charge >= 0.3 is 16.1 Å². The first-order chi connectivity index (χ1) is 22.4. The molecule has 5 aromatic carbocycles. The van der Waals surface area contributed by atoms with E-state index in [0.29, 0.717) is 11.5 Å². The molecule has 0 saturated carbocycles. The van der Waals surface area contributed by atoms with Crippen LogP contribution in [0, 0.1) is 0 Å². The van der Waals surface area contributed by atoms with Crippen molar-refractivity contribution in [3.8, 4) is 5.75 Å². The third kappa shape index (κ3) is 7.23. The lowest BCUT2D eigenvalue weighted by Gasteiger charge is -2.39. The summed E-state index contributed by atoms with van der Waals surface area (Å²) in [5.74, 6) is 0.331. The quantitative estimate of drug-likeness (QED) is 0.104. The number of hydrogen-bond donors (Lipinski definition) is 0. The standard InChI is InChI=1S/C40H42O5S2/c1-28(2)31-26-37(29(3)4)39(38(27-31)30(5)6)40(41)44-32-22-24-36(25-23-32)47(42,43)45-46(33-16-10-7-11-17-33,34-18-12-8-13-19-34)35-20-14-9-15-21-35/h7-30H,1-6H3. The second kappa shape index (κ2) is 14.3. The van der Waals surface area contributed by atoms with E-state index in [1.165, 1.54) is 29.8 Å². The van der Waals surface area contributed by atoms with E-state index in [2.05, 4.69) is 53.7 Å². The predicted octanol–water partition coefficient (Wildman–Crippen LogP) is 10.9. The molecule has 0 aliphatic carbocycles. The minimum Gasteiger partial charge on any atom is -0.423 e. The monoisotopic (exact) mass is 666 g/mol.